The Morgan fingerprint density at radius 3 is 2.39 bits per heavy atom. The van der Waals surface area contributed by atoms with Crippen molar-refractivity contribution in [3.05, 3.63) is 0 Å². The number of carbonyl (C=O) groups is 2. The molecule has 0 aromatic rings. The van der Waals surface area contributed by atoms with E-state index in [0.29, 0.717) is 32.6 Å². The van der Waals surface area contributed by atoms with Crippen molar-refractivity contribution >= 4 is 11.8 Å². The zero-order chi connectivity index (χ0) is 13.5. The van der Waals surface area contributed by atoms with Crippen LogP contribution in [0.2, 0.25) is 0 Å². The first kappa shape index (κ1) is 14.5. The van der Waals surface area contributed by atoms with Gasteiger partial charge in [-0.2, -0.15) is 5.26 Å². The molecule has 0 N–H and O–H groups in total. The monoisotopic (exact) mass is 251 g/mol. The van der Waals surface area contributed by atoms with E-state index in [1.54, 1.807) is 16.7 Å². The lowest BCUT2D eigenvalue weighted by molar-refractivity contribution is -0.134. The first-order chi connectivity index (χ1) is 8.60. The second-order valence-corrected chi connectivity index (χ2v) is 4.66. The van der Waals surface area contributed by atoms with E-state index in [1.165, 1.54) is 0 Å². The second kappa shape index (κ2) is 7.00. The van der Waals surface area contributed by atoms with E-state index in [-0.39, 0.29) is 11.8 Å². The zero-order valence-corrected chi connectivity index (χ0v) is 11.2. The molecule has 5 heteroatoms. The first-order valence-corrected chi connectivity index (χ1v) is 6.54. The van der Waals surface area contributed by atoms with Crippen molar-refractivity contribution in [1.82, 2.24) is 9.80 Å². The second-order valence-electron chi connectivity index (χ2n) is 4.66. The van der Waals surface area contributed by atoms with Crippen LogP contribution in [0.5, 0.6) is 0 Å². The maximum atomic E-state index is 12.1. The minimum Gasteiger partial charge on any atom is -0.341 e. The summed E-state index contributed by atoms with van der Waals surface area (Å²) < 4.78 is 0. The first-order valence-electron chi connectivity index (χ1n) is 6.54. The van der Waals surface area contributed by atoms with Gasteiger partial charge in [-0.1, -0.05) is 13.3 Å². The number of carbonyl (C=O) groups excluding carboxylic acids is 2. The van der Waals surface area contributed by atoms with Gasteiger partial charge in [0.05, 0.1) is 6.07 Å². The van der Waals surface area contributed by atoms with Crippen LogP contribution in [0.3, 0.4) is 0 Å². The summed E-state index contributed by atoms with van der Waals surface area (Å²) in [5.41, 5.74) is 0. The van der Waals surface area contributed by atoms with Crippen molar-refractivity contribution in [3.8, 4) is 6.07 Å². The van der Waals surface area contributed by atoms with Gasteiger partial charge < -0.3 is 9.80 Å². The molecule has 1 saturated heterocycles. The van der Waals surface area contributed by atoms with Crippen LogP contribution in [0.4, 0.5) is 0 Å². The molecule has 0 aromatic heterocycles. The molecule has 0 saturated carbocycles. The molecule has 0 aromatic carbocycles. The van der Waals surface area contributed by atoms with Crippen molar-refractivity contribution < 1.29 is 9.59 Å². The SMILES string of the molecule is CCCC(C#N)C(=O)N1CCCN(C(C)=O)CC1. The van der Waals surface area contributed by atoms with Crippen LogP contribution in [-0.2, 0) is 9.59 Å². The van der Waals surface area contributed by atoms with Gasteiger partial charge in [0.15, 0.2) is 0 Å². The molecular formula is C13H21N3O2. The lowest BCUT2D eigenvalue weighted by Crippen LogP contribution is -2.39. The van der Waals surface area contributed by atoms with E-state index >= 15 is 0 Å². The highest BCUT2D eigenvalue weighted by Gasteiger charge is 2.25. The van der Waals surface area contributed by atoms with Gasteiger partial charge in [-0.3, -0.25) is 9.59 Å². The normalized spacial score (nSPS) is 17.8. The minimum atomic E-state index is -0.529. The van der Waals surface area contributed by atoms with Gasteiger partial charge in [0, 0.05) is 33.1 Å². The fourth-order valence-corrected chi connectivity index (χ4v) is 2.21. The number of hydrogen-bond acceptors (Lipinski definition) is 3. The van der Waals surface area contributed by atoms with Gasteiger partial charge in [0.1, 0.15) is 5.92 Å². The number of rotatable bonds is 3. The average molecular weight is 251 g/mol. The molecule has 1 fully saturated rings. The Morgan fingerprint density at radius 2 is 1.83 bits per heavy atom. The van der Waals surface area contributed by atoms with Gasteiger partial charge in [0.25, 0.3) is 0 Å². The number of nitrogens with zero attached hydrogens (tertiary/aromatic N) is 3. The third-order valence-corrected chi connectivity index (χ3v) is 3.28. The van der Waals surface area contributed by atoms with E-state index in [0.717, 1.165) is 12.8 Å². The third-order valence-electron chi connectivity index (χ3n) is 3.28. The molecule has 0 spiro atoms. The lowest BCUT2D eigenvalue weighted by Gasteiger charge is -2.23. The number of nitriles is 1. The number of hydrogen-bond donors (Lipinski definition) is 0. The molecule has 0 bridgehead atoms. The Hall–Kier alpha value is -1.57. The predicted molar refractivity (Wildman–Crippen MR) is 67.5 cm³/mol. The van der Waals surface area contributed by atoms with Gasteiger partial charge >= 0.3 is 0 Å². The molecule has 1 rings (SSSR count). The fourth-order valence-electron chi connectivity index (χ4n) is 2.21. The summed E-state index contributed by atoms with van der Waals surface area (Å²) in [6, 6.07) is 2.08. The molecule has 0 radical (unpaired) electrons. The standard InChI is InChI=1S/C13H21N3O2/c1-3-5-12(10-14)13(18)16-7-4-6-15(8-9-16)11(2)17/h12H,3-9H2,1-2H3. The summed E-state index contributed by atoms with van der Waals surface area (Å²) in [6.45, 7) is 5.98. The van der Waals surface area contributed by atoms with Crippen LogP contribution in [0, 0.1) is 17.2 Å². The molecular weight excluding hydrogens is 230 g/mol. The molecule has 100 valence electrons. The summed E-state index contributed by atoms with van der Waals surface area (Å²) in [7, 11) is 0. The summed E-state index contributed by atoms with van der Waals surface area (Å²) in [5, 5.41) is 9.01. The topological polar surface area (TPSA) is 64.4 Å². The van der Waals surface area contributed by atoms with Gasteiger partial charge in [-0.25, -0.2) is 0 Å². The molecule has 0 aliphatic carbocycles. The smallest absolute Gasteiger partial charge is 0.239 e. The van der Waals surface area contributed by atoms with E-state index in [4.69, 9.17) is 5.26 Å². The average Bonchev–Trinajstić information content (AvgIpc) is 2.60. The van der Waals surface area contributed by atoms with E-state index in [1.807, 2.05) is 6.92 Å². The van der Waals surface area contributed by atoms with Crippen molar-refractivity contribution in [3.63, 3.8) is 0 Å². The molecule has 1 atom stereocenters. The Morgan fingerprint density at radius 1 is 1.22 bits per heavy atom. The van der Waals surface area contributed by atoms with E-state index in [9.17, 15) is 9.59 Å². The van der Waals surface area contributed by atoms with Crippen LogP contribution >= 0.6 is 0 Å². The third kappa shape index (κ3) is 3.73. The zero-order valence-electron chi connectivity index (χ0n) is 11.2. The van der Waals surface area contributed by atoms with Crippen LogP contribution in [0.1, 0.15) is 33.1 Å². The minimum absolute atomic E-state index is 0.0506. The maximum absolute atomic E-state index is 12.1. The van der Waals surface area contributed by atoms with E-state index < -0.39 is 5.92 Å². The van der Waals surface area contributed by atoms with Gasteiger partial charge in [-0.15, -0.1) is 0 Å². The molecule has 5 nitrogen and oxygen atoms in total. The summed E-state index contributed by atoms with van der Waals surface area (Å²) >= 11 is 0. The molecule has 1 aliphatic rings. The largest absolute Gasteiger partial charge is 0.341 e. The van der Waals surface area contributed by atoms with Gasteiger partial charge in [0.2, 0.25) is 11.8 Å². The van der Waals surface area contributed by atoms with Crippen LogP contribution in [0.15, 0.2) is 0 Å². The Kier molecular flexibility index (Phi) is 5.63. The molecule has 1 unspecified atom stereocenters. The van der Waals surface area contributed by atoms with E-state index in [2.05, 4.69) is 6.07 Å². The summed E-state index contributed by atoms with van der Waals surface area (Å²) in [6.07, 6.45) is 2.23. The maximum Gasteiger partial charge on any atom is 0.239 e. The van der Waals surface area contributed by atoms with Crippen molar-refractivity contribution in [2.75, 3.05) is 26.2 Å². The summed E-state index contributed by atoms with van der Waals surface area (Å²) in [4.78, 5) is 26.9. The quantitative estimate of drug-likeness (QED) is 0.752. The highest BCUT2D eigenvalue weighted by molar-refractivity contribution is 5.81. The molecule has 1 heterocycles. The Labute approximate surface area is 108 Å². The lowest BCUT2D eigenvalue weighted by atomic mass is 10.0. The highest BCUT2D eigenvalue weighted by atomic mass is 16.2. The molecule has 2 amide bonds. The van der Waals surface area contributed by atoms with Crippen molar-refractivity contribution in [1.29, 1.82) is 5.26 Å². The van der Waals surface area contributed by atoms with Crippen molar-refractivity contribution in [2.24, 2.45) is 5.92 Å². The predicted octanol–water partition coefficient (Wildman–Crippen LogP) is 1.01. The van der Waals surface area contributed by atoms with Gasteiger partial charge in [-0.05, 0) is 12.8 Å². The van der Waals surface area contributed by atoms with Crippen LogP contribution in [0.25, 0.3) is 0 Å². The summed E-state index contributed by atoms with van der Waals surface area (Å²) in [5.74, 6) is -0.557. The molecule has 1 aliphatic heterocycles. The molecule has 18 heavy (non-hydrogen) atoms. The highest BCUT2D eigenvalue weighted by Crippen LogP contribution is 2.12. The van der Waals surface area contributed by atoms with Crippen molar-refractivity contribution in [2.45, 2.75) is 33.1 Å². The fraction of sp³-hybridized carbons (Fsp3) is 0.769. The van der Waals surface area contributed by atoms with Crippen LogP contribution in [-0.4, -0.2) is 47.8 Å². The Balaban J connectivity index is 2.59. The number of amides is 2. The Bertz CT molecular complexity index is 349. The van der Waals surface area contributed by atoms with Crippen LogP contribution < -0.4 is 0 Å².